The smallest absolute Gasteiger partial charge is 0.345 e. The number of carbonyl (C=O) groups is 3. The Labute approximate surface area is 249 Å². The lowest BCUT2D eigenvalue weighted by atomic mass is 9.88. The second kappa shape index (κ2) is 12.6. The van der Waals surface area contributed by atoms with E-state index in [9.17, 15) is 14.4 Å². The molecule has 3 aromatic rings. The highest BCUT2D eigenvalue weighted by Gasteiger charge is 2.62. The average molecular weight is 621 g/mol. The number of rotatable bonds is 11. The monoisotopic (exact) mass is 620 g/mol. The Bertz CT molecular complexity index is 1510. The van der Waals surface area contributed by atoms with Gasteiger partial charge in [0.25, 0.3) is 0 Å². The van der Waals surface area contributed by atoms with Gasteiger partial charge in [0.05, 0.1) is 37.2 Å². The lowest BCUT2D eigenvalue weighted by Crippen LogP contribution is -2.54. The number of carbonyl (C=O) groups excluding carboxylic acids is 3. The van der Waals surface area contributed by atoms with Gasteiger partial charge in [-0.2, -0.15) is 9.97 Å². The Balaban J connectivity index is 1.83. The SMILES string of the molecule is C#CCC(OC[C@H]1O[C@@H](n2cnc3c(N)nc(Cl)nc32)[C@H](OC(C)=O)[C@]1(CC)OC(C)=O)(C(=O)OCC)c1cscn1. The fraction of sp³-hybridized carbons (Fsp3) is 0.500. The maximum absolute atomic E-state index is 13.3. The third kappa shape index (κ3) is 5.62. The van der Waals surface area contributed by atoms with Gasteiger partial charge in [0.2, 0.25) is 10.9 Å². The van der Waals surface area contributed by atoms with Gasteiger partial charge >= 0.3 is 17.9 Å². The number of nitrogens with two attached hydrogens (primary N) is 1. The number of aromatic nitrogens is 5. The van der Waals surface area contributed by atoms with Crippen molar-refractivity contribution in [1.82, 2.24) is 24.5 Å². The van der Waals surface area contributed by atoms with Crippen LogP contribution in [0.5, 0.6) is 0 Å². The Kier molecular flexibility index (Phi) is 9.31. The lowest BCUT2D eigenvalue weighted by Gasteiger charge is -2.37. The summed E-state index contributed by atoms with van der Waals surface area (Å²) >= 11 is 7.31. The minimum atomic E-state index is -1.80. The van der Waals surface area contributed by atoms with Crippen LogP contribution in [0.25, 0.3) is 11.2 Å². The zero-order valence-electron chi connectivity index (χ0n) is 23.2. The Hall–Kier alpha value is -3.84. The van der Waals surface area contributed by atoms with E-state index >= 15 is 0 Å². The summed E-state index contributed by atoms with van der Waals surface area (Å²) in [6, 6.07) is 0. The van der Waals surface area contributed by atoms with Crippen LogP contribution in [0, 0.1) is 12.3 Å². The van der Waals surface area contributed by atoms with Crippen LogP contribution in [0.4, 0.5) is 5.82 Å². The largest absolute Gasteiger partial charge is 0.464 e. The number of thiazole rings is 1. The van der Waals surface area contributed by atoms with E-state index in [4.69, 9.17) is 47.4 Å². The van der Waals surface area contributed by atoms with Crippen molar-refractivity contribution in [3.63, 3.8) is 0 Å². The molecule has 0 saturated carbocycles. The first-order chi connectivity index (χ1) is 20.0. The maximum atomic E-state index is 13.3. The van der Waals surface area contributed by atoms with Gasteiger partial charge < -0.3 is 29.4 Å². The van der Waals surface area contributed by atoms with Crippen LogP contribution in [-0.2, 0) is 43.7 Å². The molecule has 16 heteroatoms. The zero-order chi connectivity index (χ0) is 30.7. The lowest BCUT2D eigenvalue weighted by molar-refractivity contribution is -0.198. The summed E-state index contributed by atoms with van der Waals surface area (Å²) in [7, 11) is 0. The first kappa shape index (κ1) is 31.1. The average Bonchev–Trinajstić information content (AvgIpc) is 3.66. The van der Waals surface area contributed by atoms with E-state index in [2.05, 4.69) is 25.9 Å². The Morgan fingerprint density at radius 3 is 2.62 bits per heavy atom. The van der Waals surface area contributed by atoms with E-state index in [0.717, 1.165) is 0 Å². The van der Waals surface area contributed by atoms with E-state index in [1.165, 1.54) is 41.6 Å². The van der Waals surface area contributed by atoms with Crippen LogP contribution in [0.15, 0.2) is 17.2 Å². The van der Waals surface area contributed by atoms with Crippen molar-refractivity contribution in [3.05, 3.63) is 28.2 Å². The highest BCUT2D eigenvalue weighted by atomic mass is 35.5. The van der Waals surface area contributed by atoms with Crippen LogP contribution in [0.1, 0.15) is 52.5 Å². The van der Waals surface area contributed by atoms with Crippen molar-refractivity contribution in [2.75, 3.05) is 18.9 Å². The van der Waals surface area contributed by atoms with Crippen molar-refractivity contribution < 1.29 is 38.1 Å². The summed E-state index contributed by atoms with van der Waals surface area (Å²) < 4.78 is 31.1. The Morgan fingerprint density at radius 1 is 1.26 bits per heavy atom. The Morgan fingerprint density at radius 2 is 2.02 bits per heavy atom. The van der Waals surface area contributed by atoms with Crippen molar-refractivity contribution in [2.45, 2.75) is 70.2 Å². The second-order valence-electron chi connectivity index (χ2n) is 9.26. The molecular formula is C26H29ClN6O8S. The standard InChI is InChI=1S/C26H29ClN6O8S/c1-6-9-26(23(36)37-8-3,16-11-42-13-30-16)38-10-17-25(7-2,41-15(5)35)19(39-14(4)34)22(40-17)33-12-29-18-20(28)31-24(27)32-21(18)33/h1,11-13,17,19,22H,7-10H2,2-5H3,(H2,28,31,32)/t17-,19+,22-,25-,26?/m1/s1. The summed E-state index contributed by atoms with van der Waals surface area (Å²) in [5.74, 6) is 0.386. The number of fused-ring (bicyclic) bond motifs is 1. The van der Waals surface area contributed by atoms with E-state index in [-0.39, 0.29) is 54.0 Å². The highest BCUT2D eigenvalue weighted by molar-refractivity contribution is 7.07. The number of esters is 3. The molecule has 4 heterocycles. The molecule has 1 fully saturated rings. The molecule has 0 bridgehead atoms. The molecule has 1 saturated heterocycles. The van der Waals surface area contributed by atoms with Gasteiger partial charge in [0.1, 0.15) is 11.6 Å². The number of ether oxygens (including phenoxy) is 5. The second-order valence-corrected chi connectivity index (χ2v) is 10.3. The number of halogens is 1. The fourth-order valence-corrected chi connectivity index (χ4v) is 5.76. The third-order valence-electron chi connectivity index (χ3n) is 6.75. The molecule has 5 atom stereocenters. The summed E-state index contributed by atoms with van der Waals surface area (Å²) in [5.41, 5.74) is 4.77. The molecule has 1 aliphatic rings. The quantitative estimate of drug-likeness (QED) is 0.143. The first-order valence-corrected chi connectivity index (χ1v) is 14.2. The normalized spacial score (nSPS) is 23.2. The molecule has 0 amide bonds. The maximum Gasteiger partial charge on any atom is 0.345 e. The molecule has 224 valence electrons. The van der Waals surface area contributed by atoms with Gasteiger partial charge in [-0.05, 0) is 24.9 Å². The van der Waals surface area contributed by atoms with Crippen LogP contribution in [-0.4, -0.2) is 73.4 Å². The number of anilines is 1. The van der Waals surface area contributed by atoms with E-state index < -0.39 is 47.5 Å². The van der Waals surface area contributed by atoms with E-state index in [0.29, 0.717) is 0 Å². The molecule has 2 N–H and O–H groups in total. The van der Waals surface area contributed by atoms with Gasteiger partial charge in [-0.25, -0.2) is 14.8 Å². The highest BCUT2D eigenvalue weighted by Crippen LogP contribution is 2.46. The van der Waals surface area contributed by atoms with Gasteiger partial charge in [0.15, 0.2) is 29.4 Å². The predicted molar refractivity (Wildman–Crippen MR) is 149 cm³/mol. The number of terminal acetylenes is 1. The molecular weight excluding hydrogens is 592 g/mol. The zero-order valence-corrected chi connectivity index (χ0v) is 24.8. The molecule has 4 rings (SSSR count). The third-order valence-corrected chi connectivity index (χ3v) is 7.50. The van der Waals surface area contributed by atoms with E-state index in [1.807, 2.05) is 0 Å². The number of imidazole rings is 1. The summed E-state index contributed by atoms with van der Waals surface area (Å²) in [4.78, 5) is 54.8. The number of hydrogen-bond acceptors (Lipinski definition) is 14. The minimum Gasteiger partial charge on any atom is -0.464 e. The summed E-state index contributed by atoms with van der Waals surface area (Å²) in [6.07, 6.45) is 3.42. The van der Waals surface area contributed by atoms with Gasteiger partial charge in [-0.3, -0.25) is 14.2 Å². The number of hydrogen-bond donors (Lipinski definition) is 1. The molecule has 0 aliphatic carbocycles. The minimum absolute atomic E-state index is 0.0178. The summed E-state index contributed by atoms with van der Waals surface area (Å²) in [6.45, 7) is 5.49. The predicted octanol–water partition coefficient (Wildman–Crippen LogP) is 2.56. The summed E-state index contributed by atoms with van der Waals surface area (Å²) in [5, 5.41) is 1.47. The molecule has 0 spiro atoms. The molecule has 0 aromatic carbocycles. The fourth-order valence-electron chi connectivity index (χ4n) is 4.97. The molecule has 1 aliphatic heterocycles. The molecule has 3 aromatic heterocycles. The van der Waals surface area contributed by atoms with Gasteiger partial charge in [0, 0.05) is 19.2 Å². The number of nitrogen functional groups attached to an aromatic ring is 1. The van der Waals surface area contributed by atoms with Crippen molar-refractivity contribution in [1.29, 1.82) is 0 Å². The number of nitrogens with zero attached hydrogens (tertiary/aromatic N) is 5. The van der Waals surface area contributed by atoms with Gasteiger partial charge in [-0.15, -0.1) is 23.7 Å². The van der Waals surface area contributed by atoms with Crippen LogP contribution >= 0.6 is 22.9 Å². The van der Waals surface area contributed by atoms with Crippen LogP contribution in [0.2, 0.25) is 5.28 Å². The van der Waals surface area contributed by atoms with Gasteiger partial charge in [-0.1, -0.05) is 6.92 Å². The molecule has 1 unspecified atom stereocenters. The van der Waals surface area contributed by atoms with Crippen LogP contribution in [0.3, 0.4) is 0 Å². The first-order valence-electron chi connectivity index (χ1n) is 12.8. The van der Waals surface area contributed by atoms with Crippen molar-refractivity contribution >= 4 is 57.8 Å². The topological polar surface area (TPSA) is 180 Å². The molecule has 0 radical (unpaired) electrons. The van der Waals surface area contributed by atoms with Crippen molar-refractivity contribution in [2.24, 2.45) is 0 Å². The molecule has 42 heavy (non-hydrogen) atoms. The van der Waals surface area contributed by atoms with Crippen LogP contribution < -0.4 is 5.73 Å². The molecule has 14 nitrogen and oxygen atoms in total. The van der Waals surface area contributed by atoms with E-state index in [1.54, 1.807) is 19.2 Å². The van der Waals surface area contributed by atoms with Crippen molar-refractivity contribution in [3.8, 4) is 12.3 Å².